The molecule has 4 saturated carbocycles. The Hall–Kier alpha value is -2.64. The van der Waals surface area contributed by atoms with Crippen molar-refractivity contribution in [3.8, 4) is 5.75 Å². The van der Waals surface area contributed by atoms with Gasteiger partial charge in [0.2, 0.25) is 29.1 Å². The first-order chi connectivity index (χ1) is 55.1. The number of thioether (sulfide) groups is 5. The molecule has 648 valence electrons. The third kappa shape index (κ3) is 17.0. The van der Waals surface area contributed by atoms with Crippen LogP contribution < -0.4 is 10.1 Å². The molecule has 0 aromatic heterocycles. The molecule has 20 aliphatic rings. The molecule has 2 aromatic rings. The van der Waals surface area contributed by atoms with Gasteiger partial charge in [-0.2, -0.15) is 0 Å². The minimum atomic E-state index is -0.816. The molecule has 8 bridgehead atoms. The molecule has 4 spiro atoms. The van der Waals surface area contributed by atoms with E-state index < -0.39 is 88.1 Å². The van der Waals surface area contributed by atoms with Gasteiger partial charge in [0, 0.05) is 66.0 Å². The van der Waals surface area contributed by atoms with Crippen LogP contribution in [-0.4, -0.2) is 158 Å². The zero-order valence-electron chi connectivity index (χ0n) is 70.4. The average molecular weight is 1720 g/mol. The largest absolute Gasteiger partial charge is 0.468 e. The Morgan fingerprint density at radius 3 is 1.13 bits per heavy atom. The van der Waals surface area contributed by atoms with Crippen molar-refractivity contribution in [1.82, 2.24) is 0 Å². The highest BCUT2D eigenvalue weighted by Gasteiger charge is 2.74. The molecular formula is C86H124FNO23S5. The Morgan fingerprint density at radius 2 is 0.784 bits per heavy atom. The van der Waals surface area contributed by atoms with Crippen LogP contribution in [0, 0.1) is 101 Å². The summed E-state index contributed by atoms with van der Waals surface area (Å²) in [7, 11) is 1.41. The van der Waals surface area contributed by atoms with Crippen LogP contribution in [0.15, 0.2) is 53.4 Å². The number of amides is 1. The van der Waals surface area contributed by atoms with E-state index in [0.717, 1.165) is 94.1 Å². The predicted molar refractivity (Wildman–Crippen MR) is 434 cm³/mol. The number of anilines is 1. The second-order valence-corrected chi connectivity index (χ2v) is 42.9. The Kier molecular flexibility index (Phi) is 26.4. The Morgan fingerprint density at radius 1 is 0.440 bits per heavy atom. The van der Waals surface area contributed by atoms with Crippen LogP contribution in [0.5, 0.6) is 5.75 Å². The van der Waals surface area contributed by atoms with Crippen molar-refractivity contribution in [3.05, 3.63) is 54.3 Å². The van der Waals surface area contributed by atoms with E-state index in [2.05, 4.69) is 60.7 Å². The van der Waals surface area contributed by atoms with Gasteiger partial charge >= 0.3 is 17.9 Å². The van der Waals surface area contributed by atoms with Crippen LogP contribution in [0.4, 0.5) is 10.1 Å². The summed E-state index contributed by atoms with van der Waals surface area (Å²) in [6, 6.07) is 13.5. The van der Waals surface area contributed by atoms with Crippen LogP contribution >= 0.6 is 58.8 Å². The maximum Gasteiger partial charge on any atom is 0.321 e. The van der Waals surface area contributed by atoms with Crippen LogP contribution in [0.2, 0.25) is 0 Å². The lowest BCUT2D eigenvalue weighted by Gasteiger charge is -2.60. The fourth-order valence-electron chi connectivity index (χ4n) is 22.9. The minimum Gasteiger partial charge on any atom is -0.468 e. The highest BCUT2D eigenvalue weighted by atomic mass is 32.2. The Balaban J connectivity index is 0.000000122. The first-order valence-corrected chi connectivity index (χ1v) is 48.0. The summed E-state index contributed by atoms with van der Waals surface area (Å²) in [4.78, 5) is 97.8. The molecule has 16 saturated heterocycles. The summed E-state index contributed by atoms with van der Waals surface area (Å²) >= 11 is 7.63. The molecule has 24 nitrogen and oxygen atoms in total. The van der Waals surface area contributed by atoms with E-state index in [4.69, 9.17) is 91.2 Å². The van der Waals surface area contributed by atoms with Gasteiger partial charge in [0.15, 0.2) is 47.6 Å². The molecule has 32 atom stereocenters. The van der Waals surface area contributed by atoms with Crippen molar-refractivity contribution in [2.24, 2.45) is 94.7 Å². The Labute approximate surface area is 704 Å². The number of methoxy groups -OCH3 is 1. The molecule has 22 rings (SSSR count). The number of esters is 3. The van der Waals surface area contributed by atoms with Gasteiger partial charge in [-0.05, 0) is 233 Å². The van der Waals surface area contributed by atoms with Crippen molar-refractivity contribution >= 4 is 88.3 Å². The molecule has 4 aliphatic carbocycles. The quantitative estimate of drug-likeness (QED) is 0.0752. The van der Waals surface area contributed by atoms with E-state index in [0.29, 0.717) is 59.0 Å². The number of fused-ring (bicyclic) bond motifs is 8. The first kappa shape index (κ1) is 88.2. The van der Waals surface area contributed by atoms with Crippen LogP contribution in [-0.2, 0) is 106 Å². The molecule has 30 heteroatoms. The van der Waals surface area contributed by atoms with Crippen molar-refractivity contribution in [2.75, 3.05) is 41.7 Å². The first-order valence-electron chi connectivity index (χ1n) is 42.5. The summed E-state index contributed by atoms with van der Waals surface area (Å²) in [5.41, 5.74) is -2.49. The highest BCUT2D eigenvalue weighted by Crippen LogP contribution is 2.67. The number of ether oxygens (including phenoxy) is 11. The van der Waals surface area contributed by atoms with Gasteiger partial charge in [-0.15, -0.1) is 58.8 Å². The van der Waals surface area contributed by atoms with Crippen LogP contribution in [0.25, 0.3) is 0 Å². The number of hydrogen-bond donors (Lipinski definition) is 1. The number of rotatable bonds is 15. The second kappa shape index (κ2) is 34.7. The van der Waals surface area contributed by atoms with E-state index in [1.54, 1.807) is 29.6 Å². The summed E-state index contributed by atoms with van der Waals surface area (Å²) in [5.74, 6) is 2.24. The topological polar surface area (TPSA) is 256 Å². The number of benzene rings is 2. The molecule has 1 N–H and O–H groups in total. The number of nitrogens with one attached hydrogen (secondary N) is 1. The Bertz CT molecular complexity index is 3840. The highest BCUT2D eigenvalue weighted by molar-refractivity contribution is 8.01. The van der Waals surface area contributed by atoms with E-state index in [-0.39, 0.29) is 104 Å². The third-order valence-corrected chi connectivity index (χ3v) is 34.7. The number of carbonyl (C=O) groups excluding carboxylic acids is 4. The maximum absolute atomic E-state index is 13.3. The van der Waals surface area contributed by atoms with E-state index >= 15 is 0 Å². The minimum absolute atomic E-state index is 0.0191. The van der Waals surface area contributed by atoms with Gasteiger partial charge < -0.3 is 57.4 Å². The molecule has 20 fully saturated rings. The molecule has 0 unspecified atom stereocenters. The zero-order valence-corrected chi connectivity index (χ0v) is 74.5. The van der Waals surface area contributed by atoms with Crippen molar-refractivity contribution in [2.45, 2.75) is 310 Å². The molecule has 1 amide bonds. The lowest BCUT2D eigenvalue weighted by atomic mass is 9.58. The normalized spacial score (nSPS) is 46.2. The van der Waals surface area contributed by atoms with E-state index in [1.807, 2.05) is 79.0 Å². The average Bonchev–Trinajstić information content (AvgIpc) is 1.40. The summed E-state index contributed by atoms with van der Waals surface area (Å²) in [5, 5.41) is 3.01. The van der Waals surface area contributed by atoms with Gasteiger partial charge in [-0.1, -0.05) is 67.5 Å². The van der Waals surface area contributed by atoms with E-state index in [9.17, 15) is 23.6 Å². The summed E-state index contributed by atoms with van der Waals surface area (Å²) in [6.45, 7) is 31.3. The number of hydrogen-bond acceptors (Lipinski definition) is 28. The van der Waals surface area contributed by atoms with Crippen molar-refractivity contribution in [1.29, 1.82) is 0 Å². The number of carbonyl (C=O) groups is 4. The van der Waals surface area contributed by atoms with Gasteiger partial charge in [-0.3, -0.25) is 19.2 Å². The molecular weight excluding hydrogens is 1590 g/mol. The third-order valence-electron chi connectivity index (χ3n) is 28.9. The van der Waals surface area contributed by atoms with Gasteiger partial charge in [0.25, 0.3) is 0 Å². The number of halogens is 1. The maximum atomic E-state index is 13.3. The van der Waals surface area contributed by atoms with Gasteiger partial charge in [0.1, 0.15) is 38.9 Å². The lowest BCUT2D eigenvalue weighted by molar-refractivity contribution is -0.568. The van der Waals surface area contributed by atoms with Gasteiger partial charge in [-0.25, -0.2) is 43.5 Å². The lowest BCUT2D eigenvalue weighted by Crippen LogP contribution is -2.70. The summed E-state index contributed by atoms with van der Waals surface area (Å²) in [6.07, 6.45) is 16.3. The van der Waals surface area contributed by atoms with Crippen LogP contribution in [0.3, 0.4) is 0 Å². The molecule has 116 heavy (non-hydrogen) atoms. The monoisotopic (exact) mass is 1720 g/mol. The fraction of sp³-hybridized carbons (Fsp3) is 0.814. The summed E-state index contributed by atoms with van der Waals surface area (Å²) < 4.78 is 80.0. The van der Waals surface area contributed by atoms with Crippen molar-refractivity contribution in [3.63, 3.8) is 0 Å². The van der Waals surface area contributed by atoms with E-state index in [1.165, 1.54) is 79.9 Å². The molecule has 2 aromatic carbocycles. The van der Waals surface area contributed by atoms with Crippen molar-refractivity contribution < 1.29 is 115 Å². The van der Waals surface area contributed by atoms with Gasteiger partial charge in [0.05, 0.1) is 30.1 Å². The zero-order chi connectivity index (χ0) is 82.5. The van der Waals surface area contributed by atoms with Crippen LogP contribution in [0.1, 0.15) is 207 Å². The second-order valence-electron chi connectivity index (χ2n) is 37.7. The standard InChI is InChI=1S/C24H33NO5S2.C23H29FO6S.C21H34O6S.C18H28O6S/c1-14-8-9-19-15(2)21(32-13-20(26)25-16-6-5-7-17(12-16)31-4)27-22-24(19)18(14)10-11-23(3,28-22)29-30-24;1-13-7-8-18-14(2)20(31-12-19(25)26-16-6-4-5-15(24)11-16)27-21-23(18)17(13)9-10-22(3,28-21)29-30-23;1-12-7-8-15-13(2)17(28-11-16(22)24-19(3,4)5)23-18-21(15)14(12)9-10-20(6,25-18)26-27-21;1-10-5-6-13-11(2)15(25-9-14(19)20-4)21-16-18(13)12(10)7-8-17(3,22-16)23-24-18/h5-7,12,14-15,18-19,21-22H,8-11,13H2,1-4H3,(H,25,26);4-6,11,13-14,17-18,20-21H,7-10,12H2,1-3H3;12-15,17-18H,7-11H2,1-6H3;10-13,15-16H,5-9H2,1-4H3/t14-,15-,18+,19+,21+,22-,23+,24-;13-,14-,17+,18+,20+,21-,22+,23-;12-,13-,14+,15+,17+,18-,20+,21-;10-,11-,12+,13+,15+,16-,17+,18-/m1111/s1. The smallest absolute Gasteiger partial charge is 0.321 e. The predicted octanol–water partition coefficient (Wildman–Crippen LogP) is 17.3. The fourth-order valence-corrected chi connectivity index (χ4v) is 27.6. The molecule has 16 aliphatic heterocycles. The SMILES string of the molecule is COC(=O)CS[C@@H]1O[C@@H]2O[C@]3(C)CC[C@H]4[C@H](C)CC[C@@H]([C@H]1C)[C@@]24OO3.CSc1cccc(NC(=O)CS[C@@H]2O[C@@H]3O[C@]4(C)CC[C@H]5[C@H](C)CC[C@@H]([C@H]2C)[C@@]35OO4)c1.C[C@H]1[C@H](SCC(=O)OC(C)(C)C)O[C@@H]2O[C@]3(C)CC[C@H]4[C@H](C)CC[C@@H]1[C@@]24OO3.C[C@H]1[C@H](SCC(=O)Oc2cccc(F)c2)O[C@@H]2O[C@]3(C)CC[C@H]4[C@H](C)CC[C@@H]1[C@@]24OO3. The molecule has 0 radical (unpaired) electrons. The molecule has 16 heterocycles.